The number of rotatable bonds is 8. The molecule has 8 heteroatoms. The van der Waals surface area contributed by atoms with E-state index in [1.54, 1.807) is 14.0 Å². The maximum atomic E-state index is 12.5. The molecule has 156 valence electrons. The normalized spacial score (nSPS) is 16.5. The highest BCUT2D eigenvalue weighted by atomic mass is 16.6. The van der Waals surface area contributed by atoms with E-state index in [-0.39, 0.29) is 18.2 Å². The number of carbonyl (C=O) groups excluding carboxylic acids is 2. The van der Waals surface area contributed by atoms with Gasteiger partial charge in [-0.15, -0.1) is 0 Å². The summed E-state index contributed by atoms with van der Waals surface area (Å²) >= 11 is 0. The van der Waals surface area contributed by atoms with Gasteiger partial charge in [-0.1, -0.05) is 22.4 Å². The summed E-state index contributed by atoms with van der Waals surface area (Å²) in [6, 6.07) is 7.66. The van der Waals surface area contributed by atoms with E-state index in [1.165, 1.54) is 0 Å². The van der Waals surface area contributed by atoms with Gasteiger partial charge >= 0.3 is 0 Å². The molecule has 1 unspecified atom stereocenters. The van der Waals surface area contributed by atoms with Crippen LogP contribution in [0.25, 0.3) is 0 Å². The van der Waals surface area contributed by atoms with Gasteiger partial charge in [0.1, 0.15) is 17.1 Å². The standard InChI is InChI=1S/C21H28N4O4/c1-15-19(24-29-23-15)12-21(27)25-10-4-6-16(14-25)8-9-20(26)22-13-17-5-3-7-18(11-17)28-2/h3,5,7,11,16H,4,6,8-10,12-14H2,1-2H3,(H,22,26). The molecule has 2 aromatic rings. The molecule has 0 spiro atoms. The molecule has 0 bridgehead atoms. The van der Waals surface area contributed by atoms with Gasteiger partial charge in [0.05, 0.1) is 13.5 Å². The van der Waals surface area contributed by atoms with Gasteiger partial charge < -0.3 is 15.0 Å². The molecule has 1 fully saturated rings. The number of carbonyl (C=O) groups is 2. The maximum absolute atomic E-state index is 12.5. The SMILES string of the molecule is COc1cccc(CNC(=O)CCC2CCCN(C(=O)Cc3nonc3C)C2)c1. The summed E-state index contributed by atoms with van der Waals surface area (Å²) in [4.78, 5) is 26.6. The molecule has 0 aliphatic carbocycles. The number of methoxy groups -OCH3 is 1. The molecular formula is C21H28N4O4. The average Bonchev–Trinajstić information content (AvgIpc) is 3.15. The predicted octanol–water partition coefficient (Wildman–Crippen LogP) is 2.26. The molecule has 1 aliphatic rings. The lowest BCUT2D eigenvalue weighted by atomic mass is 9.93. The molecule has 1 aliphatic heterocycles. The van der Waals surface area contributed by atoms with E-state index in [1.807, 2.05) is 29.2 Å². The van der Waals surface area contributed by atoms with Gasteiger partial charge in [-0.3, -0.25) is 9.59 Å². The van der Waals surface area contributed by atoms with Crippen LogP contribution in [-0.2, 0) is 22.6 Å². The smallest absolute Gasteiger partial charge is 0.228 e. The summed E-state index contributed by atoms with van der Waals surface area (Å²) in [5.41, 5.74) is 2.25. The number of aromatic nitrogens is 2. The summed E-state index contributed by atoms with van der Waals surface area (Å²) in [6.45, 7) is 3.70. The molecule has 0 radical (unpaired) electrons. The van der Waals surface area contributed by atoms with Crippen molar-refractivity contribution in [2.45, 2.75) is 45.6 Å². The Balaban J connectivity index is 1.41. The minimum atomic E-state index is 0.0283. The van der Waals surface area contributed by atoms with E-state index in [2.05, 4.69) is 20.3 Å². The first-order valence-corrected chi connectivity index (χ1v) is 10.0. The third-order valence-electron chi connectivity index (χ3n) is 5.34. The van der Waals surface area contributed by atoms with Crippen LogP contribution in [0.4, 0.5) is 0 Å². The Morgan fingerprint density at radius 1 is 1.34 bits per heavy atom. The quantitative estimate of drug-likeness (QED) is 0.730. The van der Waals surface area contributed by atoms with Crippen LogP contribution in [0.3, 0.4) is 0 Å². The number of hydrogen-bond donors (Lipinski definition) is 1. The molecule has 8 nitrogen and oxygen atoms in total. The van der Waals surface area contributed by atoms with E-state index in [0.717, 1.165) is 37.1 Å². The first kappa shape index (κ1) is 20.8. The molecule has 29 heavy (non-hydrogen) atoms. The van der Waals surface area contributed by atoms with E-state index in [9.17, 15) is 9.59 Å². The molecule has 2 amide bonds. The van der Waals surface area contributed by atoms with E-state index >= 15 is 0 Å². The second-order valence-corrected chi connectivity index (χ2v) is 7.49. The third kappa shape index (κ3) is 6.04. The van der Waals surface area contributed by atoms with Gasteiger partial charge in [0, 0.05) is 26.1 Å². The van der Waals surface area contributed by atoms with Crippen LogP contribution < -0.4 is 10.1 Å². The average molecular weight is 400 g/mol. The lowest BCUT2D eigenvalue weighted by molar-refractivity contribution is -0.132. The Labute approximate surface area is 170 Å². The Bertz CT molecular complexity index is 836. The van der Waals surface area contributed by atoms with Crippen molar-refractivity contribution in [1.29, 1.82) is 0 Å². The van der Waals surface area contributed by atoms with Crippen LogP contribution in [0.5, 0.6) is 5.75 Å². The number of aryl methyl sites for hydroxylation is 1. The van der Waals surface area contributed by atoms with Gasteiger partial charge in [-0.2, -0.15) is 0 Å². The van der Waals surface area contributed by atoms with Crippen molar-refractivity contribution >= 4 is 11.8 Å². The fourth-order valence-electron chi connectivity index (χ4n) is 3.60. The fourth-order valence-corrected chi connectivity index (χ4v) is 3.60. The van der Waals surface area contributed by atoms with E-state index in [0.29, 0.717) is 36.8 Å². The Kier molecular flexibility index (Phi) is 7.21. The lowest BCUT2D eigenvalue weighted by Crippen LogP contribution is -2.41. The van der Waals surface area contributed by atoms with E-state index < -0.39 is 0 Å². The molecule has 1 aromatic heterocycles. The number of likely N-dealkylation sites (tertiary alicyclic amines) is 1. The third-order valence-corrected chi connectivity index (χ3v) is 5.34. The molecule has 3 rings (SSSR count). The molecule has 0 saturated carbocycles. The molecule has 1 atom stereocenters. The Morgan fingerprint density at radius 2 is 2.21 bits per heavy atom. The topological polar surface area (TPSA) is 97.6 Å². The van der Waals surface area contributed by atoms with Gasteiger partial charge in [-0.05, 0) is 49.8 Å². The van der Waals surface area contributed by atoms with Crippen LogP contribution in [0.2, 0.25) is 0 Å². The van der Waals surface area contributed by atoms with Crippen LogP contribution in [-0.4, -0.2) is 47.2 Å². The van der Waals surface area contributed by atoms with Crippen molar-refractivity contribution in [2.75, 3.05) is 20.2 Å². The number of hydrogen-bond acceptors (Lipinski definition) is 6. The first-order valence-electron chi connectivity index (χ1n) is 10.0. The summed E-state index contributed by atoms with van der Waals surface area (Å²) in [5, 5.41) is 10.5. The van der Waals surface area contributed by atoms with Crippen LogP contribution in [0, 0.1) is 12.8 Å². The molecule has 1 saturated heterocycles. The minimum absolute atomic E-state index is 0.0283. The van der Waals surface area contributed by atoms with Crippen molar-refractivity contribution < 1.29 is 19.0 Å². The van der Waals surface area contributed by atoms with Crippen LogP contribution in [0.15, 0.2) is 28.9 Å². The summed E-state index contributed by atoms with van der Waals surface area (Å²) in [5.74, 6) is 1.18. The molecule has 1 N–H and O–H groups in total. The maximum Gasteiger partial charge on any atom is 0.228 e. The molecular weight excluding hydrogens is 372 g/mol. The Morgan fingerprint density at radius 3 is 2.97 bits per heavy atom. The van der Waals surface area contributed by atoms with Gasteiger partial charge in [0.2, 0.25) is 11.8 Å². The zero-order valence-corrected chi connectivity index (χ0v) is 17.0. The summed E-state index contributed by atoms with van der Waals surface area (Å²) in [6.07, 6.45) is 3.44. The molecule has 2 heterocycles. The van der Waals surface area contributed by atoms with Gasteiger partial charge in [0.25, 0.3) is 0 Å². The van der Waals surface area contributed by atoms with Crippen LogP contribution >= 0.6 is 0 Å². The number of ether oxygens (including phenoxy) is 1. The zero-order valence-electron chi connectivity index (χ0n) is 17.0. The number of amides is 2. The predicted molar refractivity (Wildman–Crippen MR) is 106 cm³/mol. The summed E-state index contributed by atoms with van der Waals surface area (Å²) in [7, 11) is 1.62. The van der Waals surface area contributed by atoms with Gasteiger partial charge in [-0.25, -0.2) is 4.63 Å². The van der Waals surface area contributed by atoms with Gasteiger partial charge in [0.15, 0.2) is 0 Å². The van der Waals surface area contributed by atoms with Crippen molar-refractivity contribution in [3.05, 3.63) is 41.2 Å². The molecule has 1 aromatic carbocycles. The highest BCUT2D eigenvalue weighted by Gasteiger charge is 2.25. The number of piperidine rings is 1. The van der Waals surface area contributed by atoms with Crippen molar-refractivity contribution in [1.82, 2.24) is 20.5 Å². The first-order chi connectivity index (χ1) is 14.0. The van der Waals surface area contributed by atoms with Crippen molar-refractivity contribution in [2.24, 2.45) is 5.92 Å². The summed E-state index contributed by atoms with van der Waals surface area (Å²) < 4.78 is 9.86. The monoisotopic (exact) mass is 400 g/mol. The Hall–Kier alpha value is -2.90. The second-order valence-electron chi connectivity index (χ2n) is 7.49. The number of nitrogens with one attached hydrogen (secondary N) is 1. The van der Waals surface area contributed by atoms with Crippen molar-refractivity contribution in [3.8, 4) is 5.75 Å². The number of nitrogens with zero attached hydrogens (tertiary/aromatic N) is 3. The number of benzene rings is 1. The highest BCUT2D eigenvalue weighted by molar-refractivity contribution is 5.78. The largest absolute Gasteiger partial charge is 0.497 e. The lowest BCUT2D eigenvalue weighted by Gasteiger charge is -2.32. The minimum Gasteiger partial charge on any atom is -0.497 e. The van der Waals surface area contributed by atoms with Crippen LogP contribution in [0.1, 0.15) is 42.6 Å². The fraction of sp³-hybridized carbons (Fsp3) is 0.524. The zero-order chi connectivity index (χ0) is 20.6. The second kappa shape index (κ2) is 10.0. The van der Waals surface area contributed by atoms with E-state index in [4.69, 9.17) is 4.74 Å². The highest BCUT2D eigenvalue weighted by Crippen LogP contribution is 2.22. The van der Waals surface area contributed by atoms with Crippen molar-refractivity contribution in [3.63, 3.8) is 0 Å².